The second-order valence-electron chi connectivity index (χ2n) is 4.13. The SMILES string of the molecule is COc1ccc(C[PH3+])cc1.[F][Sb-]([F])([F])([F])([F])[F].c1cc[nH+]cc1. The van der Waals surface area contributed by atoms with Gasteiger partial charge in [0.15, 0.2) is 12.4 Å². The van der Waals surface area contributed by atoms with Crippen molar-refractivity contribution in [3.8, 4) is 5.75 Å². The molecule has 0 amide bonds. The molecule has 2 nitrogen and oxygen atoms in total. The van der Waals surface area contributed by atoms with Crippen LogP contribution in [0.5, 0.6) is 5.75 Å². The Balaban J connectivity index is 0.000000329. The van der Waals surface area contributed by atoms with E-state index in [4.69, 9.17) is 4.74 Å². The Bertz CT molecular complexity index is 501. The van der Waals surface area contributed by atoms with Crippen molar-refractivity contribution in [3.05, 3.63) is 60.4 Å². The molecular formula is C13H18F6NOPSb+. The van der Waals surface area contributed by atoms with Gasteiger partial charge in [-0.25, -0.2) is 4.98 Å². The van der Waals surface area contributed by atoms with E-state index in [0.717, 1.165) is 11.9 Å². The Hall–Kier alpha value is -1.00. The predicted octanol–water partition coefficient (Wildman–Crippen LogP) is 4.44. The van der Waals surface area contributed by atoms with Crippen molar-refractivity contribution < 1.29 is 26.6 Å². The maximum atomic E-state index is 9.93. The molecule has 1 unspecified atom stereocenters. The first-order chi connectivity index (χ1) is 10.3. The first kappa shape index (κ1) is 22.0. The molecule has 0 aliphatic heterocycles. The second kappa shape index (κ2) is 8.20. The van der Waals surface area contributed by atoms with Gasteiger partial charge in [0.05, 0.1) is 13.3 Å². The summed E-state index contributed by atoms with van der Waals surface area (Å²) >= 11 is -11.2. The number of pyridine rings is 1. The van der Waals surface area contributed by atoms with Crippen molar-refractivity contribution in [1.82, 2.24) is 0 Å². The van der Waals surface area contributed by atoms with E-state index in [1.807, 2.05) is 52.0 Å². The molecule has 23 heavy (non-hydrogen) atoms. The molecular weight excluding hydrogens is 453 g/mol. The Morgan fingerprint density at radius 3 is 1.57 bits per heavy atom. The van der Waals surface area contributed by atoms with Crippen LogP contribution in [-0.4, -0.2) is 26.6 Å². The van der Waals surface area contributed by atoms with Gasteiger partial charge in [0.2, 0.25) is 0 Å². The van der Waals surface area contributed by atoms with E-state index in [1.54, 1.807) is 7.11 Å². The van der Waals surface area contributed by atoms with Gasteiger partial charge in [-0.3, -0.25) is 0 Å². The number of aromatic amines is 1. The van der Waals surface area contributed by atoms with E-state index in [1.165, 1.54) is 5.56 Å². The van der Waals surface area contributed by atoms with Crippen molar-refractivity contribution in [3.63, 3.8) is 0 Å². The summed E-state index contributed by atoms with van der Waals surface area (Å²) in [6.07, 6.45) is 4.87. The fourth-order valence-electron chi connectivity index (χ4n) is 1.13. The molecule has 10 heteroatoms. The molecule has 0 bridgehead atoms. The van der Waals surface area contributed by atoms with E-state index < -0.39 is 19.5 Å². The number of H-pyrrole nitrogens is 1. The average Bonchev–Trinajstić information content (AvgIpc) is 2.46. The molecule has 2 rings (SSSR count). The van der Waals surface area contributed by atoms with E-state index >= 15 is 0 Å². The van der Waals surface area contributed by atoms with Gasteiger partial charge in [-0.1, -0.05) is 18.2 Å². The average molecular weight is 471 g/mol. The second-order valence-corrected chi connectivity index (χ2v) is 10.1. The molecule has 0 aliphatic carbocycles. The molecule has 0 radical (unpaired) electrons. The van der Waals surface area contributed by atoms with E-state index in [2.05, 4.69) is 17.1 Å². The topological polar surface area (TPSA) is 23.4 Å². The van der Waals surface area contributed by atoms with Crippen LogP contribution in [0.15, 0.2) is 54.9 Å². The molecule has 2 aromatic rings. The maximum absolute atomic E-state index is 11.2. The summed E-state index contributed by atoms with van der Waals surface area (Å²) in [5.74, 6) is 0.931. The van der Waals surface area contributed by atoms with Crippen LogP contribution in [0.4, 0.5) is 16.9 Å². The quantitative estimate of drug-likeness (QED) is 0.361. The molecule has 0 saturated heterocycles. The first-order valence-corrected chi connectivity index (χ1v) is 13.0. The number of nitrogens with one attached hydrogen (secondary N) is 1. The summed E-state index contributed by atoms with van der Waals surface area (Å²) in [5, 5.41) is 0. The van der Waals surface area contributed by atoms with Gasteiger partial charge in [-0.2, -0.15) is 0 Å². The Kier molecular flexibility index (Phi) is 7.84. The summed E-state index contributed by atoms with van der Waals surface area (Å²) in [6.45, 7) is 0. The molecule has 0 saturated carbocycles. The first-order valence-electron chi connectivity index (χ1n) is 6.21. The molecule has 132 valence electrons. The van der Waals surface area contributed by atoms with Crippen molar-refractivity contribution in [2.75, 3.05) is 7.11 Å². The van der Waals surface area contributed by atoms with Crippen LogP contribution in [0, 0.1) is 0 Å². The molecule has 1 heterocycles. The monoisotopic (exact) mass is 470 g/mol. The zero-order valence-electron chi connectivity index (χ0n) is 12.2. The smallest absolute Gasteiger partial charge is 0.166 e. The van der Waals surface area contributed by atoms with Crippen LogP contribution in [-0.2, 0) is 6.16 Å². The van der Waals surface area contributed by atoms with Gasteiger partial charge in [0.1, 0.15) is 5.75 Å². The number of rotatable bonds is 2. The Labute approximate surface area is 135 Å². The van der Waals surface area contributed by atoms with Crippen molar-refractivity contribution >= 4 is 28.7 Å². The number of hydrogen-bond acceptors (Lipinski definition) is 1. The number of methoxy groups -OCH3 is 1. The normalized spacial score (nSPS) is 13.3. The van der Waals surface area contributed by atoms with E-state index in [0.29, 0.717) is 0 Å². The Morgan fingerprint density at radius 2 is 1.35 bits per heavy atom. The van der Waals surface area contributed by atoms with Gasteiger partial charge in [0.25, 0.3) is 0 Å². The molecule has 0 spiro atoms. The Morgan fingerprint density at radius 1 is 0.913 bits per heavy atom. The van der Waals surface area contributed by atoms with E-state index in [-0.39, 0.29) is 0 Å². The van der Waals surface area contributed by atoms with Crippen LogP contribution < -0.4 is 9.72 Å². The van der Waals surface area contributed by atoms with Gasteiger partial charge >= 0.3 is 36.4 Å². The third kappa shape index (κ3) is 21.0. The zero-order chi connectivity index (χ0) is 18.0. The molecule has 1 aromatic heterocycles. The van der Waals surface area contributed by atoms with Crippen LogP contribution in [0.25, 0.3) is 0 Å². The molecule has 1 aromatic carbocycles. The van der Waals surface area contributed by atoms with Crippen molar-refractivity contribution in [2.45, 2.75) is 6.16 Å². The fraction of sp³-hybridized carbons (Fsp3) is 0.154. The number of hydrogen-bond donors (Lipinski definition) is 0. The number of ether oxygens (including phenoxy) is 1. The largest absolute Gasteiger partial charge is 0.218 e. The van der Waals surface area contributed by atoms with Gasteiger partial charge in [-0.15, -0.1) is 0 Å². The van der Waals surface area contributed by atoms with Crippen molar-refractivity contribution in [2.24, 2.45) is 0 Å². The van der Waals surface area contributed by atoms with Crippen molar-refractivity contribution in [1.29, 1.82) is 0 Å². The summed E-state index contributed by atoms with van der Waals surface area (Å²) < 4.78 is 64.6. The van der Waals surface area contributed by atoms with Gasteiger partial charge in [0, 0.05) is 12.1 Å². The third-order valence-electron chi connectivity index (χ3n) is 2.05. The third-order valence-corrected chi connectivity index (χ3v) is 2.63. The number of aromatic nitrogens is 1. The van der Waals surface area contributed by atoms with Crippen LogP contribution in [0.2, 0.25) is 0 Å². The minimum absolute atomic E-state index is 0.931. The summed E-state index contributed by atoms with van der Waals surface area (Å²) in [6, 6.07) is 14.0. The van der Waals surface area contributed by atoms with Gasteiger partial charge < -0.3 is 4.74 Å². The molecule has 1 N–H and O–H groups in total. The standard InChI is InChI=1S/C8H11OP.C5H5N.6FH.Sb/c1-9-8-4-2-7(6-10)3-5-8;1-2-4-6-5-3-1;;;;;;;/h2-5H,6,10H2,1H3;1-5H;6*1H;/q;;;;;;;;+5/p-4. The number of benzene rings is 1. The van der Waals surface area contributed by atoms with Crippen LogP contribution >= 0.6 is 9.24 Å². The van der Waals surface area contributed by atoms with Crippen LogP contribution in [0.1, 0.15) is 5.56 Å². The minimum Gasteiger partial charge on any atom is -0.218 e. The summed E-state index contributed by atoms with van der Waals surface area (Å²) in [5.41, 5.74) is 1.36. The minimum atomic E-state index is -11.2. The molecule has 0 aliphatic rings. The van der Waals surface area contributed by atoms with E-state index in [9.17, 15) is 16.9 Å². The molecule has 1 atom stereocenters. The maximum Gasteiger partial charge on any atom is 0.166 e. The summed E-state index contributed by atoms with van der Waals surface area (Å²) in [7, 11) is 3.64. The predicted molar refractivity (Wildman–Crippen MR) is 83.2 cm³/mol. The number of halogens is 6. The van der Waals surface area contributed by atoms with Crippen LogP contribution in [0.3, 0.4) is 0 Å². The summed E-state index contributed by atoms with van der Waals surface area (Å²) in [4.78, 5) is 2.89. The zero-order valence-corrected chi connectivity index (χ0v) is 16.2. The molecule has 0 fully saturated rings. The van der Waals surface area contributed by atoms with Gasteiger partial charge in [-0.05, 0) is 26.9 Å². The fourth-order valence-corrected chi connectivity index (χ4v) is 1.47.